The Bertz CT molecular complexity index is 637. The van der Waals surface area contributed by atoms with Gasteiger partial charge in [-0.25, -0.2) is 4.79 Å². The molecule has 1 amide bonds. The van der Waals surface area contributed by atoms with Gasteiger partial charge in [0.2, 0.25) is 0 Å². The van der Waals surface area contributed by atoms with Gasteiger partial charge in [-0.3, -0.25) is 5.32 Å². The molecule has 0 saturated carbocycles. The molecule has 2 rings (SSSR count). The van der Waals surface area contributed by atoms with Crippen LogP contribution < -0.4 is 5.32 Å². The van der Waals surface area contributed by atoms with Crippen LogP contribution in [0.2, 0.25) is 0 Å². The number of aryl methyl sites for hydroxylation is 1. The van der Waals surface area contributed by atoms with Crippen molar-refractivity contribution >= 4 is 11.8 Å². The third-order valence-corrected chi connectivity index (χ3v) is 3.69. The summed E-state index contributed by atoms with van der Waals surface area (Å²) in [5, 5.41) is 2.80. The molecular weight excluding hydrogens is 286 g/mol. The van der Waals surface area contributed by atoms with Gasteiger partial charge in [0.05, 0.1) is 6.61 Å². The number of carbonyl (C=O) groups excluding carboxylic acids is 1. The van der Waals surface area contributed by atoms with Crippen LogP contribution in [0, 0.1) is 6.92 Å². The second-order valence-electron chi connectivity index (χ2n) is 5.77. The minimum atomic E-state index is -0.386. The van der Waals surface area contributed by atoms with E-state index in [2.05, 4.69) is 37.4 Å². The molecule has 0 aliphatic rings. The van der Waals surface area contributed by atoms with Gasteiger partial charge in [-0.05, 0) is 36.6 Å². The van der Waals surface area contributed by atoms with Gasteiger partial charge in [0.1, 0.15) is 0 Å². The Morgan fingerprint density at radius 1 is 1.00 bits per heavy atom. The molecular formula is C20H25NO2. The number of carbonyl (C=O) groups is 1. The van der Waals surface area contributed by atoms with Gasteiger partial charge < -0.3 is 4.74 Å². The normalized spacial score (nSPS) is 10.3. The minimum absolute atomic E-state index is 0.386. The van der Waals surface area contributed by atoms with Crippen molar-refractivity contribution in [3.05, 3.63) is 54.1 Å². The summed E-state index contributed by atoms with van der Waals surface area (Å²) in [6.07, 6.45) is 4.00. The zero-order valence-electron chi connectivity index (χ0n) is 14.0. The molecule has 0 heterocycles. The highest BCUT2D eigenvalue weighted by Crippen LogP contribution is 2.23. The lowest BCUT2D eigenvalue weighted by Gasteiger charge is -2.09. The number of unbranched alkanes of at least 4 members (excludes halogenated alkanes) is 3. The molecule has 0 aliphatic heterocycles. The summed E-state index contributed by atoms with van der Waals surface area (Å²) in [6, 6.07) is 16.1. The molecule has 2 aromatic carbocycles. The van der Waals surface area contributed by atoms with Crippen LogP contribution in [0.15, 0.2) is 48.5 Å². The van der Waals surface area contributed by atoms with E-state index in [4.69, 9.17) is 4.74 Å². The highest BCUT2D eigenvalue weighted by molar-refractivity contribution is 5.85. The first-order valence-electron chi connectivity index (χ1n) is 8.30. The van der Waals surface area contributed by atoms with E-state index in [0.717, 1.165) is 29.7 Å². The van der Waals surface area contributed by atoms with Crippen LogP contribution in [-0.4, -0.2) is 12.7 Å². The maximum Gasteiger partial charge on any atom is 0.411 e. The standard InChI is InChI=1S/C20H25NO2/c1-3-4-5-6-13-23-20(22)21-19-12-8-11-18(15-19)17-10-7-9-16(2)14-17/h7-12,14-15H,3-6,13H2,1-2H3,(H,21,22). The quantitative estimate of drug-likeness (QED) is 0.657. The van der Waals surface area contributed by atoms with Crippen LogP contribution in [0.5, 0.6) is 0 Å². The van der Waals surface area contributed by atoms with Crippen LogP contribution >= 0.6 is 0 Å². The fourth-order valence-corrected chi connectivity index (χ4v) is 2.45. The topological polar surface area (TPSA) is 38.3 Å². The van der Waals surface area contributed by atoms with Gasteiger partial charge in [0.15, 0.2) is 0 Å². The Morgan fingerprint density at radius 3 is 2.48 bits per heavy atom. The van der Waals surface area contributed by atoms with E-state index in [-0.39, 0.29) is 6.09 Å². The van der Waals surface area contributed by atoms with Crippen molar-refractivity contribution in [3.63, 3.8) is 0 Å². The van der Waals surface area contributed by atoms with Crippen molar-refractivity contribution in [2.24, 2.45) is 0 Å². The molecule has 23 heavy (non-hydrogen) atoms. The lowest BCUT2D eigenvalue weighted by Crippen LogP contribution is -2.14. The summed E-state index contributed by atoms with van der Waals surface area (Å²) < 4.78 is 5.21. The maximum absolute atomic E-state index is 11.8. The maximum atomic E-state index is 11.8. The molecule has 2 aromatic rings. The number of hydrogen-bond acceptors (Lipinski definition) is 2. The minimum Gasteiger partial charge on any atom is -0.449 e. The van der Waals surface area contributed by atoms with Gasteiger partial charge >= 0.3 is 6.09 Å². The van der Waals surface area contributed by atoms with Crippen molar-refractivity contribution in [2.75, 3.05) is 11.9 Å². The average molecular weight is 311 g/mol. The third-order valence-electron chi connectivity index (χ3n) is 3.69. The lowest BCUT2D eigenvalue weighted by atomic mass is 10.0. The fourth-order valence-electron chi connectivity index (χ4n) is 2.45. The zero-order valence-corrected chi connectivity index (χ0v) is 14.0. The van der Waals surface area contributed by atoms with Crippen LogP contribution in [0.3, 0.4) is 0 Å². The van der Waals surface area contributed by atoms with Crippen LogP contribution in [0.25, 0.3) is 11.1 Å². The van der Waals surface area contributed by atoms with Gasteiger partial charge in [-0.15, -0.1) is 0 Å². The summed E-state index contributed by atoms with van der Waals surface area (Å²) in [7, 11) is 0. The molecule has 0 aromatic heterocycles. The Balaban J connectivity index is 1.91. The van der Waals surface area contributed by atoms with Gasteiger partial charge in [0, 0.05) is 5.69 Å². The Hall–Kier alpha value is -2.29. The summed E-state index contributed by atoms with van der Waals surface area (Å²) in [6.45, 7) is 4.71. The van der Waals surface area contributed by atoms with Gasteiger partial charge in [-0.1, -0.05) is 68.1 Å². The summed E-state index contributed by atoms with van der Waals surface area (Å²) in [4.78, 5) is 11.8. The number of amides is 1. The van der Waals surface area contributed by atoms with Crippen molar-refractivity contribution in [1.29, 1.82) is 0 Å². The molecule has 0 aliphatic carbocycles. The number of hydrogen-bond donors (Lipinski definition) is 1. The van der Waals surface area contributed by atoms with Crippen molar-refractivity contribution < 1.29 is 9.53 Å². The molecule has 0 spiro atoms. The third kappa shape index (κ3) is 5.78. The summed E-state index contributed by atoms with van der Waals surface area (Å²) >= 11 is 0. The number of nitrogens with one attached hydrogen (secondary N) is 1. The second kappa shape index (κ2) is 8.99. The number of anilines is 1. The Kier molecular flexibility index (Phi) is 6.67. The first-order valence-corrected chi connectivity index (χ1v) is 8.30. The number of rotatable bonds is 7. The van der Waals surface area contributed by atoms with E-state index in [9.17, 15) is 4.79 Å². The summed E-state index contributed by atoms with van der Waals surface area (Å²) in [5.41, 5.74) is 4.19. The predicted molar refractivity (Wildman–Crippen MR) is 95.7 cm³/mol. The van der Waals surface area contributed by atoms with E-state index in [1.807, 2.05) is 30.3 Å². The molecule has 0 fully saturated rings. The molecule has 1 N–H and O–H groups in total. The highest BCUT2D eigenvalue weighted by atomic mass is 16.5. The van der Waals surface area contributed by atoms with Gasteiger partial charge in [-0.2, -0.15) is 0 Å². The van der Waals surface area contributed by atoms with E-state index in [1.165, 1.54) is 18.4 Å². The second-order valence-corrected chi connectivity index (χ2v) is 5.77. The van der Waals surface area contributed by atoms with E-state index < -0.39 is 0 Å². The van der Waals surface area contributed by atoms with Crippen LogP contribution in [0.1, 0.15) is 38.2 Å². The molecule has 3 heteroatoms. The molecule has 0 bridgehead atoms. The highest BCUT2D eigenvalue weighted by Gasteiger charge is 2.05. The Labute approximate surface area is 138 Å². The number of ether oxygens (including phenoxy) is 1. The summed E-state index contributed by atoms with van der Waals surface area (Å²) in [5.74, 6) is 0. The molecule has 122 valence electrons. The average Bonchev–Trinajstić information content (AvgIpc) is 2.55. The van der Waals surface area contributed by atoms with E-state index in [0.29, 0.717) is 6.61 Å². The van der Waals surface area contributed by atoms with Crippen molar-refractivity contribution in [1.82, 2.24) is 0 Å². The first-order chi connectivity index (χ1) is 11.2. The van der Waals surface area contributed by atoms with Crippen LogP contribution in [0.4, 0.5) is 10.5 Å². The van der Waals surface area contributed by atoms with E-state index >= 15 is 0 Å². The molecule has 0 unspecified atom stereocenters. The fraction of sp³-hybridized carbons (Fsp3) is 0.350. The SMILES string of the molecule is CCCCCCOC(=O)Nc1cccc(-c2cccc(C)c2)c1. The first kappa shape index (κ1) is 17.1. The van der Waals surface area contributed by atoms with Crippen molar-refractivity contribution in [3.8, 4) is 11.1 Å². The zero-order chi connectivity index (χ0) is 16.5. The van der Waals surface area contributed by atoms with Crippen molar-refractivity contribution in [2.45, 2.75) is 39.5 Å². The van der Waals surface area contributed by atoms with Gasteiger partial charge in [0.25, 0.3) is 0 Å². The Morgan fingerprint density at radius 2 is 1.74 bits per heavy atom. The molecule has 3 nitrogen and oxygen atoms in total. The number of benzene rings is 2. The monoisotopic (exact) mass is 311 g/mol. The van der Waals surface area contributed by atoms with E-state index in [1.54, 1.807) is 0 Å². The van der Waals surface area contributed by atoms with Crippen LogP contribution in [-0.2, 0) is 4.74 Å². The predicted octanol–water partition coefficient (Wildman–Crippen LogP) is 5.79. The smallest absolute Gasteiger partial charge is 0.411 e. The molecule has 0 atom stereocenters. The lowest BCUT2D eigenvalue weighted by molar-refractivity contribution is 0.159. The largest absolute Gasteiger partial charge is 0.449 e. The molecule has 0 radical (unpaired) electrons. The molecule has 0 saturated heterocycles.